The molecule has 6 heteroatoms. The summed E-state index contributed by atoms with van der Waals surface area (Å²) in [6, 6.07) is 8.68. The molecule has 0 saturated carbocycles. The van der Waals surface area contributed by atoms with Crippen LogP contribution in [0.15, 0.2) is 40.9 Å². The van der Waals surface area contributed by atoms with E-state index in [0.29, 0.717) is 20.6 Å². The third-order valence-corrected chi connectivity index (χ3v) is 4.01. The average Bonchev–Trinajstić information content (AvgIpc) is 2.42. The van der Waals surface area contributed by atoms with Crippen molar-refractivity contribution in [1.82, 2.24) is 5.43 Å². The van der Waals surface area contributed by atoms with Crippen LogP contribution in [0.5, 0.6) is 0 Å². The standard InChI is InChI=1S/C14H12BrClF2N2/c15-10-5-4-8(6-13(10)18)14(20-19)7-9-11(16)2-1-3-12(9)17/h1-6,14,20H,7,19H2. The summed E-state index contributed by atoms with van der Waals surface area (Å²) in [7, 11) is 0. The molecule has 0 aliphatic rings. The summed E-state index contributed by atoms with van der Waals surface area (Å²) in [5.74, 6) is 4.68. The van der Waals surface area contributed by atoms with E-state index in [9.17, 15) is 8.78 Å². The summed E-state index contributed by atoms with van der Waals surface area (Å²) in [5.41, 5.74) is 3.53. The second kappa shape index (κ2) is 6.63. The normalized spacial score (nSPS) is 12.4. The maximum atomic E-state index is 13.8. The molecular weight excluding hydrogens is 350 g/mol. The van der Waals surface area contributed by atoms with Gasteiger partial charge in [-0.3, -0.25) is 11.3 Å². The molecule has 2 aromatic rings. The Labute approximate surface area is 129 Å². The van der Waals surface area contributed by atoms with Gasteiger partial charge in [0.1, 0.15) is 11.6 Å². The van der Waals surface area contributed by atoms with Crippen LogP contribution in [-0.4, -0.2) is 0 Å². The molecule has 0 bridgehead atoms. The van der Waals surface area contributed by atoms with Gasteiger partial charge in [-0.25, -0.2) is 8.78 Å². The predicted octanol–water partition coefficient (Wildman–Crippen LogP) is 4.13. The van der Waals surface area contributed by atoms with Crippen LogP contribution in [-0.2, 0) is 6.42 Å². The van der Waals surface area contributed by atoms with Gasteiger partial charge in [-0.1, -0.05) is 23.7 Å². The highest BCUT2D eigenvalue weighted by atomic mass is 79.9. The van der Waals surface area contributed by atoms with Crippen molar-refractivity contribution in [2.24, 2.45) is 5.84 Å². The number of rotatable bonds is 4. The molecule has 2 aromatic carbocycles. The van der Waals surface area contributed by atoms with Crippen LogP contribution in [0.4, 0.5) is 8.78 Å². The molecule has 106 valence electrons. The van der Waals surface area contributed by atoms with E-state index in [0.717, 1.165) is 0 Å². The molecule has 0 fully saturated rings. The van der Waals surface area contributed by atoms with Gasteiger partial charge < -0.3 is 0 Å². The lowest BCUT2D eigenvalue weighted by atomic mass is 9.99. The van der Waals surface area contributed by atoms with Crippen molar-refractivity contribution < 1.29 is 8.78 Å². The fraction of sp³-hybridized carbons (Fsp3) is 0.143. The highest BCUT2D eigenvalue weighted by Gasteiger charge is 2.16. The van der Waals surface area contributed by atoms with Gasteiger partial charge in [0.05, 0.1) is 10.5 Å². The third kappa shape index (κ3) is 3.35. The zero-order valence-electron chi connectivity index (χ0n) is 10.3. The zero-order chi connectivity index (χ0) is 14.7. The molecule has 2 rings (SSSR count). The molecule has 1 atom stereocenters. The van der Waals surface area contributed by atoms with E-state index in [1.807, 2.05) is 0 Å². The van der Waals surface area contributed by atoms with E-state index in [1.165, 1.54) is 18.2 Å². The molecule has 0 aliphatic heterocycles. The number of benzene rings is 2. The molecule has 0 saturated heterocycles. The molecule has 1 unspecified atom stereocenters. The van der Waals surface area contributed by atoms with Crippen LogP contribution < -0.4 is 11.3 Å². The molecule has 0 spiro atoms. The molecular formula is C14H12BrClF2N2. The van der Waals surface area contributed by atoms with Crippen molar-refractivity contribution in [2.75, 3.05) is 0 Å². The summed E-state index contributed by atoms with van der Waals surface area (Å²) < 4.78 is 27.7. The van der Waals surface area contributed by atoms with E-state index in [1.54, 1.807) is 18.2 Å². The number of hydrogen-bond acceptors (Lipinski definition) is 2. The molecule has 0 amide bonds. The minimum atomic E-state index is -0.438. The summed E-state index contributed by atoms with van der Waals surface area (Å²) in [6.45, 7) is 0. The van der Waals surface area contributed by atoms with Gasteiger partial charge in [-0.05, 0) is 52.2 Å². The second-order valence-electron chi connectivity index (χ2n) is 4.30. The average molecular weight is 362 g/mol. The fourth-order valence-corrected chi connectivity index (χ4v) is 2.42. The third-order valence-electron chi connectivity index (χ3n) is 3.02. The maximum absolute atomic E-state index is 13.8. The number of hydrogen-bond donors (Lipinski definition) is 2. The van der Waals surface area contributed by atoms with E-state index in [4.69, 9.17) is 17.4 Å². The van der Waals surface area contributed by atoms with E-state index in [2.05, 4.69) is 21.4 Å². The molecule has 20 heavy (non-hydrogen) atoms. The Kier molecular flexibility index (Phi) is 5.10. The molecule has 0 heterocycles. The van der Waals surface area contributed by atoms with Gasteiger partial charge in [0, 0.05) is 10.6 Å². The van der Waals surface area contributed by atoms with Crippen molar-refractivity contribution in [2.45, 2.75) is 12.5 Å². The number of hydrazine groups is 1. The Morgan fingerprint density at radius 3 is 2.55 bits per heavy atom. The van der Waals surface area contributed by atoms with E-state index in [-0.39, 0.29) is 6.42 Å². The van der Waals surface area contributed by atoms with Crippen LogP contribution in [0.3, 0.4) is 0 Å². The SMILES string of the molecule is NNC(Cc1c(F)cccc1Cl)c1ccc(Br)c(F)c1. The van der Waals surface area contributed by atoms with Crippen molar-refractivity contribution in [3.63, 3.8) is 0 Å². The van der Waals surface area contributed by atoms with Crippen LogP contribution >= 0.6 is 27.5 Å². The smallest absolute Gasteiger partial charge is 0.137 e. The Bertz CT molecular complexity index is 602. The van der Waals surface area contributed by atoms with Gasteiger partial charge in [0.15, 0.2) is 0 Å². The first-order valence-electron chi connectivity index (χ1n) is 5.87. The molecule has 3 N–H and O–H groups in total. The largest absolute Gasteiger partial charge is 0.271 e. The number of halogens is 4. The minimum absolute atomic E-state index is 0.225. The Morgan fingerprint density at radius 1 is 1.20 bits per heavy atom. The van der Waals surface area contributed by atoms with Crippen molar-refractivity contribution >= 4 is 27.5 Å². The van der Waals surface area contributed by atoms with Crippen molar-refractivity contribution in [3.8, 4) is 0 Å². The van der Waals surface area contributed by atoms with Gasteiger partial charge >= 0.3 is 0 Å². The Hall–Kier alpha value is -1.01. The van der Waals surface area contributed by atoms with Gasteiger partial charge in [-0.2, -0.15) is 0 Å². The van der Waals surface area contributed by atoms with Crippen LogP contribution in [0.2, 0.25) is 5.02 Å². The topological polar surface area (TPSA) is 38.0 Å². The summed E-state index contributed by atoms with van der Waals surface area (Å²) in [4.78, 5) is 0. The summed E-state index contributed by atoms with van der Waals surface area (Å²) in [6.07, 6.45) is 0.225. The van der Waals surface area contributed by atoms with Gasteiger partial charge in [0.25, 0.3) is 0 Å². The lowest BCUT2D eigenvalue weighted by molar-refractivity contribution is 0.524. The molecule has 0 aromatic heterocycles. The maximum Gasteiger partial charge on any atom is 0.137 e. The first-order valence-corrected chi connectivity index (χ1v) is 7.04. The Morgan fingerprint density at radius 2 is 1.95 bits per heavy atom. The van der Waals surface area contributed by atoms with Crippen LogP contribution in [0.25, 0.3) is 0 Å². The molecule has 0 aliphatic carbocycles. The fourth-order valence-electron chi connectivity index (χ4n) is 1.93. The molecule has 2 nitrogen and oxygen atoms in total. The molecule has 0 radical (unpaired) electrons. The first kappa shape index (κ1) is 15.4. The zero-order valence-corrected chi connectivity index (χ0v) is 12.7. The number of nitrogens with one attached hydrogen (secondary N) is 1. The monoisotopic (exact) mass is 360 g/mol. The highest BCUT2D eigenvalue weighted by Crippen LogP contribution is 2.27. The quantitative estimate of drug-likeness (QED) is 0.635. The first-order chi connectivity index (χ1) is 9.52. The lowest BCUT2D eigenvalue weighted by Crippen LogP contribution is -2.30. The highest BCUT2D eigenvalue weighted by molar-refractivity contribution is 9.10. The van der Waals surface area contributed by atoms with Crippen molar-refractivity contribution in [1.29, 1.82) is 0 Å². The summed E-state index contributed by atoms with van der Waals surface area (Å²) in [5, 5.41) is 0.322. The van der Waals surface area contributed by atoms with Crippen LogP contribution in [0, 0.1) is 11.6 Å². The Balaban J connectivity index is 2.31. The van der Waals surface area contributed by atoms with Gasteiger partial charge in [-0.15, -0.1) is 0 Å². The van der Waals surface area contributed by atoms with Crippen molar-refractivity contribution in [3.05, 3.63) is 68.7 Å². The number of nitrogens with two attached hydrogens (primary N) is 1. The summed E-state index contributed by atoms with van der Waals surface area (Å²) >= 11 is 9.07. The van der Waals surface area contributed by atoms with Gasteiger partial charge in [0.2, 0.25) is 0 Å². The minimum Gasteiger partial charge on any atom is -0.271 e. The van der Waals surface area contributed by atoms with E-state index >= 15 is 0 Å². The van der Waals surface area contributed by atoms with Crippen LogP contribution in [0.1, 0.15) is 17.2 Å². The second-order valence-corrected chi connectivity index (χ2v) is 5.56. The predicted molar refractivity (Wildman–Crippen MR) is 79.3 cm³/mol. The lowest BCUT2D eigenvalue weighted by Gasteiger charge is -2.18. The van der Waals surface area contributed by atoms with E-state index < -0.39 is 17.7 Å².